The third-order valence-electron chi connectivity index (χ3n) is 15.3. The van der Waals surface area contributed by atoms with Gasteiger partial charge in [-0.2, -0.15) is 0 Å². The molecule has 2 fully saturated rings. The van der Waals surface area contributed by atoms with Gasteiger partial charge in [-0.1, -0.05) is 137 Å². The van der Waals surface area contributed by atoms with E-state index in [2.05, 4.69) is 49.9 Å². The zero-order chi connectivity index (χ0) is 51.8. The molecule has 406 valence electrons. The van der Waals surface area contributed by atoms with Gasteiger partial charge in [0.05, 0.1) is 51.3 Å². The van der Waals surface area contributed by atoms with Crippen molar-refractivity contribution in [3.05, 3.63) is 103 Å². The zero-order valence-corrected chi connectivity index (χ0v) is 44.3. The Morgan fingerprint density at radius 1 is 0.797 bits per heavy atom. The van der Waals surface area contributed by atoms with Crippen molar-refractivity contribution in [3.8, 4) is 28.4 Å². The molecule has 13 heteroatoms. The first-order chi connectivity index (χ1) is 36.4. The summed E-state index contributed by atoms with van der Waals surface area (Å²) in [6.45, 7) is 7.72. The van der Waals surface area contributed by atoms with Gasteiger partial charge >= 0.3 is 6.09 Å². The minimum Gasteiger partial charge on any atom is -0.459 e. The number of hydrogen-bond acceptors (Lipinski definition) is 12. The van der Waals surface area contributed by atoms with Crippen LogP contribution in [-0.4, -0.2) is 110 Å². The number of rotatable bonds is 33. The Hall–Kier alpha value is -4.76. The molecule has 0 radical (unpaired) electrons. The molecule has 2 heterocycles. The van der Waals surface area contributed by atoms with Crippen LogP contribution in [0, 0.1) is 17.8 Å². The minimum absolute atomic E-state index is 0.0241. The van der Waals surface area contributed by atoms with Crippen LogP contribution in [0.4, 0.5) is 4.79 Å². The van der Waals surface area contributed by atoms with Crippen LogP contribution < -0.4 is 9.47 Å². The van der Waals surface area contributed by atoms with Crippen molar-refractivity contribution < 1.29 is 53.4 Å². The average molecular weight is 1020 g/mol. The van der Waals surface area contributed by atoms with E-state index in [9.17, 15) is 20.1 Å². The van der Waals surface area contributed by atoms with E-state index in [-0.39, 0.29) is 77.0 Å². The second kappa shape index (κ2) is 30.7. The maximum absolute atomic E-state index is 14.9. The van der Waals surface area contributed by atoms with Gasteiger partial charge in [-0.05, 0) is 104 Å². The Morgan fingerprint density at radius 3 is 2.22 bits per heavy atom. The number of unbranched alkanes of at least 4 members (excludes halogenated alkanes) is 11. The Labute approximate surface area is 441 Å². The minimum atomic E-state index is -1.48. The van der Waals surface area contributed by atoms with Crippen molar-refractivity contribution in [2.24, 2.45) is 22.9 Å². The molecule has 74 heavy (non-hydrogen) atoms. The normalized spacial score (nSPS) is 23.5. The van der Waals surface area contributed by atoms with E-state index in [0.717, 1.165) is 80.1 Å². The molecule has 4 aliphatic rings. The predicted octanol–water partition coefficient (Wildman–Crippen LogP) is 12.7. The zero-order valence-electron chi connectivity index (χ0n) is 44.3. The second-order valence-electron chi connectivity index (χ2n) is 20.5. The number of aliphatic hydroxyl groups is 3. The highest BCUT2D eigenvalue weighted by Gasteiger charge is 2.65. The van der Waals surface area contributed by atoms with E-state index in [1.807, 2.05) is 42.5 Å². The molecule has 1 amide bonds. The maximum Gasteiger partial charge on any atom is 0.410 e. The van der Waals surface area contributed by atoms with Crippen LogP contribution >= 0.6 is 0 Å². The molecule has 3 N–H and O–H groups in total. The van der Waals surface area contributed by atoms with Crippen molar-refractivity contribution in [3.63, 3.8) is 0 Å². The molecule has 13 nitrogen and oxygen atoms in total. The molecule has 0 aromatic heterocycles. The van der Waals surface area contributed by atoms with E-state index in [1.165, 1.54) is 44.9 Å². The largest absolute Gasteiger partial charge is 0.459 e. The van der Waals surface area contributed by atoms with Crippen molar-refractivity contribution in [1.82, 2.24) is 4.90 Å². The van der Waals surface area contributed by atoms with Crippen molar-refractivity contribution in [2.75, 3.05) is 59.4 Å². The van der Waals surface area contributed by atoms with Gasteiger partial charge < -0.3 is 48.6 Å². The molecule has 0 bridgehead atoms. The number of fused-ring (bicyclic) bond motifs is 2. The third-order valence-corrected chi connectivity index (χ3v) is 15.3. The van der Waals surface area contributed by atoms with Crippen molar-refractivity contribution in [1.29, 1.82) is 0 Å². The lowest BCUT2D eigenvalue weighted by atomic mass is 9.55. The van der Waals surface area contributed by atoms with Crippen LogP contribution in [0.3, 0.4) is 0 Å². The van der Waals surface area contributed by atoms with Crippen molar-refractivity contribution in [2.45, 2.75) is 159 Å². The van der Waals surface area contributed by atoms with E-state index in [0.29, 0.717) is 48.8 Å². The van der Waals surface area contributed by atoms with Gasteiger partial charge in [0.15, 0.2) is 0 Å². The molecule has 0 spiro atoms. The van der Waals surface area contributed by atoms with Gasteiger partial charge in [-0.3, -0.25) is 4.90 Å². The van der Waals surface area contributed by atoms with Crippen LogP contribution in [-0.2, 0) is 23.8 Å². The lowest BCUT2D eigenvalue weighted by molar-refractivity contribution is -0.256. The first-order valence-electron chi connectivity index (χ1n) is 28.3. The summed E-state index contributed by atoms with van der Waals surface area (Å²) in [5.41, 5.74) is 4.78. The Morgan fingerprint density at radius 2 is 1.51 bits per heavy atom. The summed E-state index contributed by atoms with van der Waals surface area (Å²) in [5, 5.41) is 34.9. The lowest BCUT2D eigenvalue weighted by Gasteiger charge is -2.59. The SMILES string of the molecule is C=CCO[C@@]12Oc3ccc(Oc4ccc(-c5ccccc5)cc4)cc3[C@H]3[C@H](CCCCO)[C@@H](CCCCO)C=C(C(=NOC4CCCCO4)C[C@@H]1N(CCOCCO)C(=O)OCCCCCCCCCCCC)[C@H]32. The standard InChI is InChI=1S/C61H86N2O11/c1-3-5-6-7-8-9-10-11-12-21-40-70-60(67)63(34-41-68-42-37-66)56-45-54(62-74-57-27-18-22-39-69-57)52-43-48(25-16-19-35-64)51(26-17-20-36-65)58-53-44-50(32-33-55(53)73-61(56,59(52)58)71-38-4-2)72-49-30-28-47(29-31-49)46-23-14-13-15-24-46/h4,13-15,23-24,28-33,43-44,48,51,56-59,64-66H,2-3,5-12,16-22,25-27,34-42,45H2,1H3/t48-,51+,56-,57?,58+,59+,61+/m0/s1. The van der Waals surface area contributed by atoms with E-state index >= 15 is 0 Å². The number of carbonyl (C=O) groups excluding carboxylic acids is 1. The molecule has 2 aliphatic carbocycles. The number of amides is 1. The number of aliphatic hydroxyl groups excluding tert-OH is 3. The fraction of sp³-hybridized carbons (Fsp3) is 0.607. The van der Waals surface area contributed by atoms with Gasteiger partial charge in [0, 0.05) is 44.1 Å². The van der Waals surface area contributed by atoms with Gasteiger partial charge in [0.25, 0.3) is 0 Å². The van der Waals surface area contributed by atoms with Gasteiger partial charge in [-0.25, -0.2) is 4.79 Å². The van der Waals surface area contributed by atoms with Crippen LogP contribution in [0.15, 0.2) is 102 Å². The molecular formula is C61H86N2O11. The summed E-state index contributed by atoms with van der Waals surface area (Å²) >= 11 is 0. The number of ether oxygens (including phenoxy) is 6. The highest BCUT2D eigenvalue weighted by molar-refractivity contribution is 6.03. The van der Waals surface area contributed by atoms with Crippen LogP contribution in [0.1, 0.15) is 147 Å². The first kappa shape index (κ1) is 57.0. The lowest BCUT2D eigenvalue weighted by Crippen LogP contribution is -2.70. The number of carbonyl (C=O) groups is 1. The Bertz CT molecular complexity index is 2180. The van der Waals surface area contributed by atoms with Crippen LogP contribution in [0.25, 0.3) is 11.1 Å². The smallest absolute Gasteiger partial charge is 0.410 e. The van der Waals surface area contributed by atoms with Crippen molar-refractivity contribution >= 4 is 11.8 Å². The Balaban J connectivity index is 1.30. The summed E-state index contributed by atoms with van der Waals surface area (Å²) in [5.74, 6) is -0.207. The molecule has 2 aliphatic heterocycles. The molecule has 7 rings (SSSR count). The van der Waals surface area contributed by atoms with Crippen LogP contribution in [0.2, 0.25) is 0 Å². The average Bonchev–Trinajstić information content (AvgIpc) is 3.44. The fourth-order valence-corrected chi connectivity index (χ4v) is 11.6. The Kier molecular flexibility index (Phi) is 23.6. The summed E-state index contributed by atoms with van der Waals surface area (Å²) in [7, 11) is 0. The molecule has 3 aromatic carbocycles. The number of hydrogen-bond donors (Lipinski definition) is 3. The third kappa shape index (κ3) is 15.4. The monoisotopic (exact) mass is 1020 g/mol. The summed E-state index contributed by atoms with van der Waals surface area (Å²) in [6, 6.07) is 23.6. The molecule has 3 aromatic rings. The van der Waals surface area contributed by atoms with Gasteiger partial charge in [0.2, 0.25) is 12.1 Å². The summed E-state index contributed by atoms with van der Waals surface area (Å²) in [6.07, 6.45) is 22.0. The predicted molar refractivity (Wildman–Crippen MR) is 289 cm³/mol. The summed E-state index contributed by atoms with van der Waals surface area (Å²) in [4.78, 5) is 23.0. The van der Waals surface area contributed by atoms with Gasteiger partial charge in [-0.15, -0.1) is 6.58 Å². The fourth-order valence-electron chi connectivity index (χ4n) is 11.6. The first-order valence-corrected chi connectivity index (χ1v) is 28.3. The maximum atomic E-state index is 14.9. The van der Waals surface area contributed by atoms with E-state index in [1.54, 1.807) is 11.0 Å². The molecule has 1 saturated heterocycles. The molecule has 1 saturated carbocycles. The molecule has 7 atom stereocenters. The number of benzene rings is 3. The quantitative estimate of drug-likeness (QED) is 0.0303. The van der Waals surface area contributed by atoms with Gasteiger partial charge in [0.1, 0.15) is 23.3 Å². The summed E-state index contributed by atoms with van der Waals surface area (Å²) < 4.78 is 39.5. The number of oxime groups is 1. The molecule has 1 unspecified atom stereocenters. The molecular weight excluding hydrogens is 937 g/mol. The second-order valence-corrected chi connectivity index (χ2v) is 20.5. The number of nitrogens with zero attached hydrogens (tertiary/aromatic N) is 2. The van der Waals surface area contributed by atoms with Crippen LogP contribution in [0.5, 0.6) is 17.2 Å². The van der Waals surface area contributed by atoms with E-state index < -0.39 is 30.1 Å². The van der Waals surface area contributed by atoms with E-state index in [4.69, 9.17) is 38.4 Å². The topological polar surface area (TPSA) is 158 Å². The highest BCUT2D eigenvalue weighted by atomic mass is 16.8. The number of allylic oxidation sites excluding steroid dienone is 1. The highest BCUT2D eigenvalue weighted by Crippen LogP contribution is 2.62.